The van der Waals surface area contributed by atoms with Gasteiger partial charge in [-0.05, 0) is 26.1 Å². The number of hydrogen-bond donors (Lipinski definition) is 3. The maximum absolute atomic E-state index is 9.46. The van der Waals surface area contributed by atoms with Crippen LogP contribution in [0, 0.1) is 0 Å². The van der Waals surface area contributed by atoms with Crippen molar-refractivity contribution in [2.75, 3.05) is 12.3 Å². The SMILES string of the molecule is CC1(C)O[C@@H]2[C@@H](CO)OC(c3cnn(C(N)=S)c3N)[C@@H]2O1. The Balaban J connectivity index is 1.94. The number of fused-ring (bicyclic) bond motifs is 1. The molecule has 0 bridgehead atoms. The van der Waals surface area contributed by atoms with Gasteiger partial charge in [0.05, 0.1) is 12.8 Å². The number of rotatable bonds is 2. The number of hydrogen-bond acceptors (Lipinski definition) is 7. The molecule has 0 aromatic carbocycles. The molecule has 0 radical (unpaired) electrons. The molecule has 5 N–H and O–H groups in total. The van der Waals surface area contributed by atoms with Gasteiger partial charge in [0.2, 0.25) is 0 Å². The summed E-state index contributed by atoms with van der Waals surface area (Å²) >= 11 is 4.87. The highest BCUT2D eigenvalue weighted by Crippen LogP contribution is 2.46. The number of thiocarbonyl (C=S) groups is 1. The molecule has 2 fully saturated rings. The van der Waals surface area contributed by atoms with E-state index in [9.17, 15) is 5.11 Å². The first-order valence-electron chi connectivity index (χ1n) is 6.59. The largest absolute Gasteiger partial charge is 0.394 e. The first-order chi connectivity index (χ1) is 9.84. The normalized spacial score (nSPS) is 34.0. The summed E-state index contributed by atoms with van der Waals surface area (Å²) in [6.07, 6.45) is -0.151. The molecule has 3 rings (SSSR count). The van der Waals surface area contributed by atoms with Crippen LogP contribution < -0.4 is 11.5 Å². The monoisotopic (exact) mass is 314 g/mol. The minimum atomic E-state index is -0.737. The number of aliphatic hydroxyl groups excluding tert-OH is 1. The van der Waals surface area contributed by atoms with Gasteiger partial charge in [-0.3, -0.25) is 0 Å². The van der Waals surface area contributed by atoms with Gasteiger partial charge in [0, 0.05) is 5.56 Å². The second kappa shape index (κ2) is 4.89. The summed E-state index contributed by atoms with van der Waals surface area (Å²) in [5.41, 5.74) is 12.2. The minimum Gasteiger partial charge on any atom is -0.394 e. The summed E-state index contributed by atoms with van der Waals surface area (Å²) in [6, 6.07) is 0. The fourth-order valence-corrected chi connectivity index (χ4v) is 2.99. The predicted octanol–water partition coefficient (Wildman–Crippen LogP) is -0.491. The van der Waals surface area contributed by atoms with Gasteiger partial charge in [-0.25, -0.2) is 0 Å². The van der Waals surface area contributed by atoms with Gasteiger partial charge in [0.15, 0.2) is 10.9 Å². The van der Waals surface area contributed by atoms with E-state index in [1.807, 2.05) is 13.8 Å². The van der Waals surface area contributed by atoms with Crippen molar-refractivity contribution < 1.29 is 19.3 Å². The summed E-state index contributed by atoms with van der Waals surface area (Å²) in [4.78, 5) is 0. The minimum absolute atomic E-state index is 0.0518. The van der Waals surface area contributed by atoms with E-state index in [-0.39, 0.29) is 23.9 Å². The van der Waals surface area contributed by atoms with Crippen LogP contribution in [0.3, 0.4) is 0 Å². The lowest BCUT2D eigenvalue weighted by atomic mass is 10.0. The van der Waals surface area contributed by atoms with E-state index in [0.29, 0.717) is 11.4 Å². The molecular weight excluding hydrogens is 296 g/mol. The van der Waals surface area contributed by atoms with E-state index in [1.54, 1.807) is 6.20 Å². The fraction of sp³-hybridized carbons (Fsp3) is 0.667. The van der Waals surface area contributed by atoms with Crippen molar-refractivity contribution in [2.24, 2.45) is 5.73 Å². The lowest BCUT2D eigenvalue weighted by molar-refractivity contribution is -0.191. The molecule has 0 spiro atoms. The van der Waals surface area contributed by atoms with E-state index in [0.717, 1.165) is 0 Å². The fourth-order valence-electron chi connectivity index (χ4n) is 2.84. The van der Waals surface area contributed by atoms with Crippen molar-refractivity contribution in [1.29, 1.82) is 0 Å². The van der Waals surface area contributed by atoms with E-state index in [1.165, 1.54) is 4.68 Å². The maximum Gasteiger partial charge on any atom is 0.193 e. The number of nitrogens with two attached hydrogens (primary N) is 2. The van der Waals surface area contributed by atoms with Crippen LogP contribution in [0.5, 0.6) is 0 Å². The number of aliphatic hydroxyl groups is 1. The van der Waals surface area contributed by atoms with Crippen LogP contribution in [0.2, 0.25) is 0 Å². The zero-order valence-corrected chi connectivity index (χ0v) is 12.5. The van der Waals surface area contributed by atoms with E-state index >= 15 is 0 Å². The quantitative estimate of drug-likeness (QED) is 0.626. The maximum atomic E-state index is 9.46. The summed E-state index contributed by atoms with van der Waals surface area (Å²) in [6.45, 7) is 3.47. The molecule has 1 aromatic rings. The predicted molar refractivity (Wildman–Crippen MR) is 77.3 cm³/mol. The molecule has 3 heterocycles. The molecule has 9 heteroatoms. The molecule has 116 valence electrons. The van der Waals surface area contributed by atoms with Crippen LogP contribution in [0.4, 0.5) is 5.82 Å². The molecule has 4 atom stereocenters. The average molecular weight is 314 g/mol. The number of ether oxygens (including phenoxy) is 3. The van der Waals surface area contributed by atoms with Crippen LogP contribution in [0.15, 0.2) is 6.20 Å². The lowest BCUT2D eigenvalue weighted by Gasteiger charge is -2.23. The highest BCUT2D eigenvalue weighted by Gasteiger charge is 2.56. The van der Waals surface area contributed by atoms with E-state index in [4.69, 9.17) is 37.9 Å². The Morgan fingerprint density at radius 3 is 2.71 bits per heavy atom. The Kier molecular flexibility index (Phi) is 3.41. The van der Waals surface area contributed by atoms with Crippen LogP contribution in [0.25, 0.3) is 0 Å². The number of nitrogen functional groups attached to an aromatic ring is 1. The molecular formula is C12H18N4O4S. The Morgan fingerprint density at radius 2 is 2.14 bits per heavy atom. The number of anilines is 1. The lowest BCUT2D eigenvalue weighted by Crippen LogP contribution is -2.31. The summed E-state index contributed by atoms with van der Waals surface area (Å²) < 4.78 is 18.8. The number of aromatic nitrogens is 2. The van der Waals surface area contributed by atoms with Crippen molar-refractivity contribution in [2.45, 2.75) is 44.1 Å². The first kappa shape index (κ1) is 14.7. The average Bonchev–Trinajstić information content (AvgIpc) is 3.00. The third-order valence-electron chi connectivity index (χ3n) is 3.68. The van der Waals surface area contributed by atoms with Crippen molar-refractivity contribution in [3.63, 3.8) is 0 Å². The van der Waals surface area contributed by atoms with Crippen molar-refractivity contribution >= 4 is 23.1 Å². The smallest absolute Gasteiger partial charge is 0.193 e. The summed E-state index contributed by atoms with van der Waals surface area (Å²) in [5, 5.41) is 13.6. The van der Waals surface area contributed by atoms with Crippen molar-refractivity contribution in [1.82, 2.24) is 9.78 Å². The molecule has 2 aliphatic heterocycles. The molecule has 0 saturated carbocycles. The molecule has 8 nitrogen and oxygen atoms in total. The second-order valence-corrected chi connectivity index (χ2v) is 6.00. The molecule has 0 aliphatic carbocycles. The Bertz CT molecular complexity index is 576. The Morgan fingerprint density at radius 1 is 1.48 bits per heavy atom. The van der Waals surface area contributed by atoms with Gasteiger partial charge in [0.1, 0.15) is 30.2 Å². The van der Waals surface area contributed by atoms with Crippen LogP contribution in [-0.4, -0.2) is 50.7 Å². The third-order valence-corrected chi connectivity index (χ3v) is 3.85. The zero-order chi connectivity index (χ0) is 15.4. The van der Waals surface area contributed by atoms with Gasteiger partial charge in [0.25, 0.3) is 0 Å². The van der Waals surface area contributed by atoms with Crippen LogP contribution in [-0.2, 0) is 14.2 Å². The zero-order valence-electron chi connectivity index (χ0n) is 11.7. The van der Waals surface area contributed by atoms with Crippen molar-refractivity contribution in [3.8, 4) is 0 Å². The third kappa shape index (κ3) is 2.30. The second-order valence-electron chi connectivity index (χ2n) is 5.58. The topological polar surface area (TPSA) is 118 Å². The Hall–Kier alpha value is -1.26. The Labute approximate surface area is 126 Å². The molecule has 2 saturated heterocycles. The highest BCUT2D eigenvalue weighted by molar-refractivity contribution is 7.80. The molecule has 21 heavy (non-hydrogen) atoms. The van der Waals surface area contributed by atoms with Gasteiger partial charge in [-0.1, -0.05) is 0 Å². The summed E-state index contributed by atoms with van der Waals surface area (Å²) in [7, 11) is 0. The van der Waals surface area contributed by atoms with Crippen molar-refractivity contribution in [3.05, 3.63) is 11.8 Å². The number of nitrogens with zero attached hydrogens (tertiary/aromatic N) is 2. The standard InChI is InChI=1S/C12H18N4O4S/c1-12(2)19-8-6(4-17)18-7(9(8)20-12)5-3-15-16(10(5)13)11(14)21/h3,6-9,17H,4,13H2,1-2H3,(H2,14,21)/t6-,7?,8-,9+/m1/s1. The first-order valence-corrected chi connectivity index (χ1v) is 7.00. The van der Waals surface area contributed by atoms with Gasteiger partial charge in [-0.2, -0.15) is 9.78 Å². The summed E-state index contributed by atoms with van der Waals surface area (Å²) in [5.74, 6) is -0.434. The molecule has 2 aliphatic rings. The van der Waals surface area contributed by atoms with E-state index in [2.05, 4.69) is 5.10 Å². The van der Waals surface area contributed by atoms with Crippen LogP contribution in [0.1, 0.15) is 25.5 Å². The molecule has 1 unspecified atom stereocenters. The molecule has 0 amide bonds. The van der Waals surface area contributed by atoms with Gasteiger partial charge >= 0.3 is 0 Å². The van der Waals surface area contributed by atoms with Gasteiger partial charge < -0.3 is 30.8 Å². The van der Waals surface area contributed by atoms with E-state index < -0.39 is 18.0 Å². The molecule has 1 aromatic heterocycles. The van der Waals surface area contributed by atoms with Crippen LogP contribution >= 0.6 is 12.2 Å². The van der Waals surface area contributed by atoms with Gasteiger partial charge in [-0.15, -0.1) is 0 Å². The highest BCUT2D eigenvalue weighted by atomic mass is 32.1.